The highest BCUT2D eigenvalue weighted by Gasteiger charge is 2.28. The topological polar surface area (TPSA) is 26.8 Å². The Kier molecular flexibility index (Phi) is 6.56. The van der Waals surface area contributed by atoms with Crippen LogP contribution in [0.3, 0.4) is 0 Å². The second-order valence-electron chi connectivity index (χ2n) is 8.83. The molecule has 0 radical (unpaired) electrons. The molecule has 0 aromatic heterocycles. The summed E-state index contributed by atoms with van der Waals surface area (Å²) in [6, 6.07) is 0. The number of piperidine rings is 1. The van der Waals surface area contributed by atoms with Gasteiger partial charge in [-0.05, 0) is 37.0 Å². The highest BCUT2D eigenvalue weighted by molar-refractivity contribution is 5.78. The summed E-state index contributed by atoms with van der Waals surface area (Å²) in [4.78, 5) is 19.8. The van der Waals surface area contributed by atoms with Crippen LogP contribution in [0.4, 0.5) is 0 Å². The summed E-state index contributed by atoms with van der Waals surface area (Å²) in [5.74, 6) is 2.60. The number of carbonyl (C=O) groups excluding carboxylic acids is 1. The van der Waals surface area contributed by atoms with Crippen molar-refractivity contribution in [2.24, 2.45) is 17.8 Å². The average molecular weight is 336 g/mol. The number of piperazine rings is 1. The lowest BCUT2D eigenvalue weighted by Gasteiger charge is -2.39. The van der Waals surface area contributed by atoms with Crippen molar-refractivity contribution in [1.82, 2.24) is 14.7 Å². The molecule has 3 rings (SSSR count). The van der Waals surface area contributed by atoms with E-state index >= 15 is 0 Å². The molecule has 1 saturated carbocycles. The van der Waals surface area contributed by atoms with Crippen molar-refractivity contribution in [1.29, 1.82) is 0 Å². The molecule has 4 heteroatoms. The van der Waals surface area contributed by atoms with Crippen LogP contribution in [0, 0.1) is 17.8 Å². The number of rotatable bonds is 4. The fourth-order valence-corrected chi connectivity index (χ4v) is 5.02. The van der Waals surface area contributed by atoms with Gasteiger partial charge in [0.05, 0.1) is 6.54 Å². The van der Waals surface area contributed by atoms with E-state index in [2.05, 4.69) is 28.5 Å². The normalized spacial score (nSPS) is 31.3. The van der Waals surface area contributed by atoms with Gasteiger partial charge in [-0.15, -0.1) is 0 Å². The molecule has 0 aromatic rings. The van der Waals surface area contributed by atoms with E-state index in [-0.39, 0.29) is 0 Å². The van der Waals surface area contributed by atoms with E-state index in [1.807, 2.05) is 0 Å². The number of hydrogen-bond donors (Lipinski definition) is 0. The van der Waals surface area contributed by atoms with E-state index in [9.17, 15) is 4.79 Å². The van der Waals surface area contributed by atoms with Gasteiger partial charge in [-0.2, -0.15) is 0 Å². The van der Waals surface area contributed by atoms with E-state index in [0.717, 1.165) is 45.2 Å². The van der Waals surface area contributed by atoms with Crippen LogP contribution in [0.25, 0.3) is 0 Å². The van der Waals surface area contributed by atoms with Gasteiger partial charge in [-0.25, -0.2) is 0 Å². The second-order valence-corrected chi connectivity index (χ2v) is 8.83. The Hall–Kier alpha value is -0.610. The maximum absolute atomic E-state index is 12.6. The third-order valence-electron chi connectivity index (χ3n) is 6.29. The zero-order chi connectivity index (χ0) is 16.9. The first-order valence-electron chi connectivity index (χ1n) is 10.3. The lowest BCUT2D eigenvalue weighted by atomic mass is 9.89. The Labute approximate surface area is 148 Å². The lowest BCUT2D eigenvalue weighted by Crippen LogP contribution is -2.52. The van der Waals surface area contributed by atoms with Crippen molar-refractivity contribution in [2.75, 3.05) is 52.4 Å². The number of hydrogen-bond acceptors (Lipinski definition) is 3. The molecular weight excluding hydrogens is 298 g/mol. The van der Waals surface area contributed by atoms with Crippen LogP contribution in [0.1, 0.15) is 52.4 Å². The fourth-order valence-electron chi connectivity index (χ4n) is 5.02. The van der Waals surface area contributed by atoms with Crippen LogP contribution in [-0.4, -0.2) is 73.0 Å². The zero-order valence-corrected chi connectivity index (χ0v) is 15.9. The van der Waals surface area contributed by atoms with Crippen molar-refractivity contribution in [2.45, 2.75) is 52.4 Å². The van der Waals surface area contributed by atoms with Crippen LogP contribution in [0.2, 0.25) is 0 Å². The SMILES string of the molecule is CC1CC(C)CN(C(=O)CN2CCN(CC3CCCCC3)CC2)C1. The predicted octanol–water partition coefficient (Wildman–Crippen LogP) is 2.69. The average Bonchev–Trinajstić information content (AvgIpc) is 2.57. The van der Waals surface area contributed by atoms with Crippen molar-refractivity contribution in [3.8, 4) is 0 Å². The van der Waals surface area contributed by atoms with Crippen LogP contribution in [-0.2, 0) is 4.79 Å². The second kappa shape index (κ2) is 8.66. The molecule has 3 fully saturated rings. The minimum Gasteiger partial charge on any atom is -0.341 e. The Morgan fingerprint density at radius 3 is 2.08 bits per heavy atom. The van der Waals surface area contributed by atoms with E-state index in [1.54, 1.807) is 0 Å². The van der Waals surface area contributed by atoms with E-state index in [4.69, 9.17) is 0 Å². The molecule has 1 aliphatic carbocycles. The number of likely N-dealkylation sites (tertiary alicyclic amines) is 1. The minimum atomic E-state index is 0.356. The van der Waals surface area contributed by atoms with Gasteiger partial charge in [0.1, 0.15) is 0 Å². The monoisotopic (exact) mass is 335 g/mol. The van der Waals surface area contributed by atoms with Crippen molar-refractivity contribution in [3.05, 3.63) is 0 Å². The lowest BCUT2D eigenvalue weighted by molar-refractivity contribution is -0.135. The summed E-state index contributed by atoms with van der Waals surface area (Å²) in [6.07, 6.45) is 8.45. The van der Waals surface area contributed by atoms with Crippen molar-refractivity contribution < 1.29 is 4.79 Å². The minimum absolute atomic E-state index is 0.356. The van der Waals surface area contributed by atoms with Crippen LogP contribution >= 0.6 is 0 Å². The quantitative estimate of drug-likeness (QED) is 0.790. The van der Waals surface area contributed by atoms with Gasteiger partial charge < -0.3 is 9.80 Å². The first-order valence-corrected chi connectivity index (χ1v) is 10.3. The summed E-state index contributed by atoms with van der Waals surface area (Å²) < 4.78 is 0. The van der Waals surface area contributed by atoms with E-state index < -0.39 is 0 Å². The molecular formula is C20H37N3O. The molecule has 2 atom stereocenters. The maximum Gasteiger partial charge on any atom is 0.236 e. The largest absolute Gasteiger partial charge is 0.341 e. The van der Waals surface area contributed by atoms with Gasteiger partial charge >= 0.3 is 0 Å². The third-order valence-corrected chi connectivity index (χ3v) is 6.29. The summed E-state index contributed by atoms with van der Waals surface area (Å²) in [6.45, 7) is 12.8. The highest BCUT2D eigenvalue weighted by Crippen LogP contribution is 2.25. The van der Waals surface area contributed by atoms with Crippen molar-refractivity contribution >= 4 is 5.91 Å². The smallest absolute Gasteiger partial charge is 0.236 e. The Bertz CT molecular complexity index is 390. The first-order chi connectivity index (χ1) is 11.6. The molecule has 4 nitrogen and oxygen atoms in total. The van der Waals surface area contributed by atoms with Crippen LogP contribution in [0.15, 0.2) is 0 Å². The fraction of sp³-hybridized carbons (Fsp3) is 0.950. The highest BCUT2D eigenvalue weighted by atomic mass is 16.2. The molecule has 2 unspecified atom stereocenters. The molecule has 2 aliphatic heterocycles. The number of carbonyl (C=O) groups is 1. The zero-order valence-electron chi connectivity index (χ0n) is 15.9. The summed E-state index contributed by atoms with van der Waals surface area (Å²) in [7, 11) is 0. The summed E-state index contributed by atoms with van der Waals surface area (Å²) in [5, 5.41) is 0. The van der Waals surface area contributed by atoms with Crippen molar-refractivity contribution in [3.63, 3.8) is 0 Å². The molecule has 24 heavy (non-hydrogen) atoms. The Balaban J connectivity index is 1.37. The summed E-state index contributed by atoms with van der Waals surface area (Å²) in [5.41, 5.74) is 0. The molecule has 1 amide bonds. The molecule has 0 spiro atoms. The predicted molar refractivity (Wildman–Crippen MR) is 99.0 cm³/mol. The molecule has 0 bridgehead atoms. The molecule has 138 valence electrons. The molecule has 0 aromatic carbocycles. The van der Waals surface area contributed by atoms with E-state index in [1.165, 1.54) is 45.1 Å². The van der Waals surface area contributed by atoms with Gasteiger partial charge in [-0.1, -0.05) is 33.1 Å². The van der Waals surface area contributed by atoms with Gasteiger partial charge in [0.2, 0.25) is 5.91 Å². The number of amides is 1. The maximum atomic E-state index is 12.6. The molecule has 2 heterocycles. The van der Waals surface area contributed by atoms with Gasteiger partial charge in [0.15, 0.2) is 0 Å². The molecule has 0 N–H and O–H groups in total. The molecule has 2 saturated heterocycles. The Morgan fingerprint density at radius 2 is 1.46 bits per heavy atom. The molecule has 3 aliphatic rings. The van der Waals surface area contributed by atoms with Crippen LogP contribution < -0.4 is 0 Å². The third kappa shape index (κ3) is 5.19. The van der Waals surface area contributed by atoms with Gasteiger partial charge in [0.25, 0.3) is 0 Å². The van der Waals surface area contributed by atoms with Gasteiger partial charge in [-0.3, -0.25) is 9.69 Å². The standard InChI is InChI=1S/C20H37N3O/c1-17-12-18(2)14-23(13-17)20(24)16-22-10-8-21(9-11-22)15-19-6-4-3-5-7-19/h17-19H,3-16H2,1-2H3. The van der Waals surface area contributed by atoms with Crippen LogP contribution in [0.5, 0.6) is 0 Å². The summed E-state index contributed by atoms with van der Waals surface area (Å²) >= 11 is 0. The number of nitrogens with zero attached hydrogens (tertiary/aromatic N) is 3. The van der Waals surface area contributed by atoms with E-state index in [0.29, 0.717) is 24.3 Å². The Morgan fingerprint density at radius 1 is 0.875 bits per heavy atom. The van der Waals surface area contributed by atoms with Gasteiger partial charge in [0, 0.05) is 45.8 Å². The first kappa shape index (κ1) is 18.2.